The maximum Gasteiger partial charge on any atom is 0.308 e. The van der Waals surface area contributed by atoms with E-state index in [-0.39, 0.29) is 17.8 Å². The number of ether oxygens (including phenoxy) is 3. The summed E-state index contributed by atoms with van der Waals surface area (Å²) in [6, 6.07) is 21.3. The first-order chi connectivity index (χ1) is 32.2. The summed E-state index contributed by atoms with van der Waals surface area (Å²) in [7, 11) is 1.51. The van der Waals surface area contributed by atoms with Gasteiger partial charge in [0.15, 0.2) is 0 Å². The number of pyridine rings is 2. The molecule has 4 heterocycles. The van der Waals surface area contributed by atoms with Gasteiger partial charge < -0.3 is 19.3 Å². The van der Waals surface area contributed by atoms with Crippen LogP contribution in [0.15, 0.2) is 60.7 Å². The number of carbonyl (C=O) groups excluding carboxylic acids is 1. The van der Waals surface area contributed by atoms with Crippen molar-refractivity contribution < 1.29 is 28.9 Å². The Balaban J connectivity index is 0.000000168. The minimum absolute atomic E-state index is 0.0162. The van der Waals surface area contributed by atoms with Crippen LogP contribution in [0.3, 0.4) is 0 Å². The lowest BCUT2D eigenvalue weighted by atomic mass is 9.72. The number of aliphatic carboxylic acids is 1. The molecule has 0 amide bonds. The fourth-order valence-electron chi connectivity index (χ4n) is 12.4. The Morgan fingerprint density at radius 1 is 0.582 bits per heavy atom. The molecule has 2 aliphatic heterocycles. The van der Waals surface area contributed by atoms with E-state index in [0.717, 1.165) is 148 Å². The molecule has 4 aliphatic carbocycles. The standard InChI is InChI=1S/C29H40N2O3.C28H38N2O3/c1-29(2)13-11-25(12-14-29)34-26-9-10-27-21(16-26)7-8-24(30-27)19-31-17-23(18-31)20-5-4-6-22(15-20)28(32)33-3;1-28(2)12-10-24(11-13-28)33-25-8-9-26-20(15-25)6-7-23(29-26)18-30-16-22(17-30)19-4-3-5-21(14-19)27(31)32/h7-10,16,20,22-23,25H,4-6,11-15,17-19H2,1-3H3;6-9,15,19,21-22,24H,3-5,10-14,16-18H2,1-2H3,(H,31,32). The van der Waals surface area contributed by atoms with Crippen molar-refractivity contribution in [2.75, 3.05) is 33.3 Å². The van der Waals surface area contributed by atoms with Gasteiger partial charge in [0.1, 0.15) is 11.5 Å². The highest BCUT2D eigenvalue weighted by Crippen LogP contribution is 2.41. The van der Waals surface area contributed by atoms with E-state index in [9.17, 15) is 14.7 Å². The van der Waals surface area contributed by atoms with Crippen molar-refractivity contribution in [3.05, 3.63) is 72.1 Å². The molecule has 2 saturated heterocycles. The average molecular weight is 915 g/mol. The van der Waals surface area contributed by atoms with Crippen LogP contribution in [0.5, 0.6) is 11.5 Å². The van der Waals surface area contributed by atoms with Gasteiger partial charge in [0.2, 0.25) is 0 Å². The SMILES string of the molecule is CC1(C)CCC(Oc2ccc3nc(CN4CC(C5CCCC(C(=O)O)C5)C4)ccc3c2)CC1.COC(=O)C1CCCC(C2CN(Cc3ccc4cc(OC5CCC(C)(C)CC5)ccc4n3)C2)C1. The smallest absolute Gasteiger partial charge is 0.308 e. The largest absolute Gasteiger partial charge is 0.490 e. The van der Waals surface area contributed by atoms with Crippen LogP contribution in [-0.4, -0.2) is 82.3 Å². The van der Waals surface area contributed by atoms with Crippen molar-refractivity contribution in [3.8, 4) is 11.5 Å². The number of carbonyl (C=O) groups is 2. The van der Waals surface area contributed by atoms with Gasteiger partial charge in [-0.05, 0) is 160 Å². The molecule has 10 rings (SSSR count). The molecule has 67 heavy (non-hydrogen) atoms. The van der Waals surface area contributed by atoms with E-state index < -0.39 is 5.97 Å². The molecule has 0 radical (unpaired) electrons. The van der Waals surface area contributed by atoms with Crippen molar-refractivity contribution >= 4 is 33.7 Å². The molecule has 10 nitrogen and oxygen atoms in total. The molecular weight excluding hydrogens is 837 g/mol. The number of carboxylic acids is 1. The zero-order valence-electron chi connectivity index (χ0n) is 41.2. The number of hydrogen-bond donors (Lipinski definition) is 1. The number of rotatable bonds is 12. The second kappa shape index (κ2) is 20.8. The molecule has 4 atom stereocenters. The molecule has 362 valence electrons. The summed E-state index contributed by atoms with van der Waals surface area (Å²) in [5.41, 5.74) is 5.22. The maximum atomic E-state index is 11.9. The molecule has 0 spiro atoms. The van der Waals surface area contributed by atoms with Gasteiger partial charge in [0.05, 0.1) is 53.6 Å². The number of aromatic nitrogens is 2. The lowest BCUT2D eigenvalue weighted by Crippen LogP contribution is -2.50. The van der Waals surface area contributed by atoms with Gasteiger partial charge in [0.25, 0.3) is 0 Å². The topological polar surface area (TPSA) is 114 Å². The summed E-state index contributed by atoms with van der Waals surface area (Å²) < 4.78 is 17.6. The summed E-state index contributed by atoms with van der Waals surface area (Å²) in [5, 5.41) is 11.6. The first-order valence-corrected chi connectivity index (χ1v) is 26.1. The average Bonchev–Trinajstić information content (AvgIpc) is 3.30. The first-order valence-electron chi connectivity index (χ1n) is 26.1. The molecular formula is C57H78N4O6. The van der Waals surface area contributed by atoms with Gasteiger partial charge >= 0.3 is 11.9 Å². The zero-order chi connectivity index (χ0) is 46.7. The molecule has 4 unspecified atom stereocenters. The lowest BCUT2D eigenvalue weighted by Gasteiger charge is -2.45. The Kier molecular flexibility index (Phi) is 14.8. The monoisotopic (exact) mass is 915 g/mol. The predicted molar refractivity (Wildman–Crippen MR) is 265 cm³/mol. The molecule has 6 aliphatic rings. The number of hydrogen-bond acceptors (Lipinski definition) is 9. The third-order valence-corrected chi connectivity index (χ3v) is 17.0. The van der Waals surface area contributed by atoms with E-state index in [1.807, 2.05) is 0 Å². The van der Waals surface area contributed by atoms with Gasteiger partial charge in [-0.1, -0.05) is 65.5 Å². The van der Waals surface area contributed by atoms with Gasteiger partial charge in [0, 0.05) is 50.0 Å². The summed E-state index contributed by atoms with van der Waals surface area (Å²) in [5.74, 6) is 3.88. The molecule has 1 N–H and O–H groups in total. The summed E-state index contributed by atoms with van der Waals surface area (Å²) in [6.45, 7) is 15.6. The first kappa shape index (κ1) is 47.8. The third-order valence-electron chi connectivity index (χ3n) is 17.0. The second-order valence-corrected chi connectivity index (χ2v) is 23.3. The lowest BCUT2D eigenvalue weighted by molar-refractivity contribution is -0.148. The third kappa shape index (κ3) is 12.3. The molecule has 2 aromatic carbocycles. The van der Waals surface area contributed by atoms with Crippen LogP contribution in [0.1, 0.15) is 142 Å². The molecule has 4 aromatic rings. The van der Waals surface area contributed by atoms with Crippen LogP contribution in [0.25, 0.3) is 21.8 Å². The summed E-state index contributed by atoms with van der Waals surface area (Å²) >= 11 is 0. The van der Waals surface area contributed by atoms with Crippen molar-refractivity contribution in [3.63, 3.8) is 0 Å². The van der Waals surface area contributed by atoms with E-state index in [1.54, 1.807) is 0 Å². The van der Waals surface area contributed by atoms with Crippen LogP contribution in [0.2, 0.25) is 0 Å². The van der Waals surface area contributed by atoms with Crippen LogP contribution in [0.4, 0.5) is 0 Å². The quantitative estimate of drug-likeness (QED) is 0.138. The predicted octanol–water partition coefficient (Wildman–Crippen LogP) is 11.9. The minimum atomic E-state index is -0.604. The highest BCUT2D eigenvalue weighted by Gasteiger charge is 2.39. The number of likely N-dealkylation sites (tertiary alicyclic amines) is 2. The number of nitrogens with zero attached hydrogens (tertiary/aromatic N) is 4. The summed E-state index contributed by atoms with van der Waals surface area (Å²) in [6.07, 6.45) is 18.5. The van der Waals surface area contributed by atoms with Gasteiger partial charge in [-0.2, -0.15) is 0 Å². The summed E-state index contributed by atoms with van der Waals surface area (Å²) in [4.78, 5) is 38.1. The number of carboxylic acid groups (broad SMARTS) is 1. The number of benzene rings is 2. The number of methoxy groups -OCH3 is 1. The zero-order valence-corrected chi connectivity index (χ0v) is 41.2. The molecule has 10 heteroatoms. The second-order valence-electron chi connectivity index (χ2n) is 23.3. The number of fused-ring (bicyclic) bond motifs is 2. The van der Waals surface area contributed by atoms with E-state index >= 15 is 0 Å². The Hall–Kier alpha value is -4.28. The van der Waals surface area contributed by atoms with Crippen LogP contribution < -0.4 is 9.47 Å². The van der Waals surface area contributed by atoms with E-state index in [1.165, 1.54) is 45.6 Å². The van der Waals surface area contributed by atoms with E-state index in [0.29, 0.717) is 46.7 Å². The maximum absolute atomic E-state index is 11.9. The minimum Gasteiger partial charge on any atom is -0.490 e. The Bertz CT molecular complexity index is 2320. The highest BCUT2D eigenvalue weighted by atomic mass is 16.5. The Morgan fingerprint density at radius 2 is 1.01 bits per heavy atom. The van der Waals surface area contributed by atoms with Crippen LogP contribution in [0, 0.1) is 46.3 Å². The fourth-order valence-corrected chi connectivity index (χ4v) is 12.4. The molecule has 0 bridgehead atoms. The van der Waals surface area contributed by atoms with Crippen LogP contribution in [-0.2, 0) is 27.4 Å². The highest BCUT2D eigenvalue weighted by molar-refractivity contribution is 5.81. The van der Waals surface area contributed by atoms with E-state index in [2.05, 4.69) is 98.2 Å². The van der Waals surface area contributed by atoms with Gasteiger partial charge in [-0.25, -0.2) is 0 Å². The Morgan fingerprint density at radius 3 is 1.45 bits per heavy atom. The van der Waals surface area contributed by atoms with Crippen molar-refractivity contribution in [1.29, 1.82) is 0 Å². The molecule has 2 aromatic heterocycles. The van der Waals surface area contributed by atoms with Crippen LogP contribution >= 0.6 is 0 Å². The van der Waals surface area contributed by atoms with Crippen molar-refractivity contribution in [2.24, 2.45) is 46.3 Å². The van der Waals surface area contributed by atoms with Crippen molar-refractivity contribution in [2.45, 2.75) is 156 Å². The van der Waals surface area contributed by atoms with Gasteiger partial charge in [-0.3, -0.25) is 29.4 Å². The van der Waals surface area contributed by atoms with Crippen molar-refractivity contribution in [1.82, 2.24) is 19.8 Å². The number of esters is 1. The Labute approximate surface area is 399 Å². The normalized spacial score (nSPS) is 26.5. The van der Waals surface area contributed by atoms with Gasteiger partial charge in [-0.15, -0.1) is 0 Å². The molecule has 6 fully saturated rings. The molecule has 4 saturated carbocycles. The fraction of sp³-hybridized carbons (Fsp3) is 0.649. The van der Waals surface area contributed by atoms with E-state index in [4.69, 9.17) is 24.2 Å².